The lowest BCUT2D eigenvalue weighted by atomic mass is 9.90. The molecule has 2 heterocycles. The molecule has 0 unspecified atom stereocenters. The van der Waals surface area contributed by atoms with Gasteiger partial charge in [-0.3, -0.25) is 0 Å². The summed E-state index contributed by atoms with van der Waals surface area (Å²) in [6.07, 6.45) is -2.47. The molecule has 0 radical (unpaired) electrons. The first-order chi connectivity index (χ1) is 16.9. The molecular formula is C26H30ClNO7. The normalized spacial score (nSPS) is 25.4. The highest BCUT2D eigenvalue weighted by atomic mass is 35.5. The summed E-state index contributed by atoms with van der Waals surface area (Å²) in [7, 11) is 0. The number of benzene rings is 2. The Kier molecular flexibility index (Phi) is 8.46. The van der Waals surface area contributed by atoms with Crippen molar-refractivity contribution in [3.63, 3.8) is 0 Å². The van der Waals surface area contributed by atoms with Crippen molar-refractivity contribution in [2.45, 2.75) is 49.6 Å². The SMILES string of the molecule is OC[C@H]1O[C@@H](c2ccc(Cl)c(Cc3ccc(OC[C@H](O)Cn4cccc4)cc3)c2)[C@H](O)[C@@H](O)[C@@H]1O. The molecule has 0 spiro atoms. The van der Waals surface area contributed by atoms with E-state index < -0.39 is 43.2 Å². The van der Waals surface area contributed by atoms with Crippen molar-refractivity contribution in [3.05, 3.63) is 88.7 Å². The van der Waals surface area contributed by atoms with Gasteiger partial charge in [-0.1, -0.05) is 35.9 Å². The summed E-state index contributed by atoms with van der Waals surface area (Å²) in [5.41, 5.74) is 2.34. The van der Waals surface area contributed by atoms with Crippen LogP contribution in [-0.2, 0) is 17.7 Å². The van der Waals surface area contributed by atoms with Gasteiger partial charge in [0.25, 0.3) is 0 Å². The number of rotatable bonds is 9. The predicted octanol–water partition coefficient (Wildman–Crippen LogP) is 1.69. The molecule has 6 atom stereocenters. The van der Waals surface area contributed by atoms with E-state index in [9.17, 15) is 25.5 Å². The van der Waals surface area contributed by atoms with E-state index in [4.69, 9.17) is 21.1 Å². The van der Waals surface area contributed by atoms with Crippen LogP contribution in [-0.4, -0.2) is 73.8 Å². The van der Waals surface area contributed by atoms with Crippen LogP contribution >= 0.6 is 11.6 Å². The third kappa shape index (κ3) is 6.23. The van der Waals surface area contributed by atoms with Crippen LogP contribution in [0.3, 0.4) is 0 Å². The molecule has 188 valence electrons. The van der Waals surface area contributed by atoms with Crippen LogP contribution in [0.5, 0.6) is 5.75 Å². The Labute approximate surface area is 208 Å². The monoisotopic (exact) mass is 503 g/mol. The molecule has 8 nitrogen and oxygen atoms in total. The van der Waals surface area contributed by atoms with E-state index in [1.807, 2.05) is 53.4 Å². The fourth-order valence-electron chi connectivity index (χ4n) is 4.19. The largest absolute Gasteiger partial charge is 0.491 e. The lowest BCUT2D eigenvalue weighted by molar-refractivity contribution is -0.231. The van der Waals surface area contributed by atoms with E-state index in [0.717, 1.165) is 11.1 Å². The number of halogens is 1. The van der Waals surface area contributed by atoms with Gasteiger partial charge in [-0.2, -0.15) is 0 Å². The molecule has 1 aromatic heterocycles. The lowest BCUT2D eigenvalue weighted by Gasteiger charge is -2.40. The first kappa shape index (κ1) is 25.7. The minimum absolute atomic E-state index is 0.171. The van der Waals surface area contributed by atoms with E-state index in [-0.39, 0.29) is 6.61 Å². The molecule has 5 N–H and O–H groups in total. The van der Waals surface area contributed by atoms with Gasteiger partial charge in [-0.15, -0.1) is 0 Å². The summed E-state index contributed by atoms with van der Waals surface area (Å²) in [6, 6.07) is 16.4. The lowest BCUT2D eigenvalue weighted by Crippen LogP contribution is -2.55. The van der Waals surface area contributed by atoms with Gasteiger partial charge in [0.15, 0.2) is 0 Å². The molecule has 4 rings (SSSR count). The minimum Gasteiger partial charge on any atom is -0.491 e. The molecule has 0 aliphatic carbocycles. The molecule has 35 heavy (non-hydrogen) atoms. The number of hydrogen-bond donors (Lipinski definition) is 5. The van der Waals surface area contributed by atoms with Gasteiger partial charge in [0, 0.05) is 17.4 Å². The van der Waals surface area contributed by atoms with Crippen molar-refractivity contribution >= 4 is 11.6 Å². The predicted molar refractivity (Wildman–Crippen MR) is 129 cm³/mol. The molecule has 0 amide bonds. The summed E-state index contributed by atoms with van der Waals surface area (Å²) in [5.74, 6) is 0.640. The highest BCUT2D eigenvalue weighted by Crippen LogP contribution is 2.34. The topological polar surface area (TPSA) is 125 Å². The van der Waals surface area contributed by atoms with Gasteiger partial charge in [-0.25, -0.2) is 0 Å². The summed E-state index contributed by atoms with van der Waals surface area (Å²) in [4.78, 5) is 0. The molecular weight excluding hydrogens is 474 g/mol. The molecule has 0 saturated carbocycles. The Morgan fingerprint density at radius 3 is 2.37 bits per heavy atom. The molecule has 9 heteroatoms. The fourth-order valence-corrected chi connectivity index (χ4v) is 4.37. The van der Waals surface area contributed by atoms with E-state index in [1.165, 1.54) is 0 Å². The van der Waals surface area contributed by atoms with Gasteiger partial charge in [-0.05, 0) is 53.4 Å². The van der Waals surface area contributed by atoms with Crippen molar-refractivity contribution < 1.29 is 35.0 Å². The maximum Gasteiger partial charge on any atom is 0.119 e. The van der Waals surface area contributed by atoms with Crippen molar-refractivity contribution in [1.82, 2.24) is 4.57 Å². The molecule has 3 aromatic rings. The van der Waals surface area contributed by atoms with Crippen molar-refractivity contribution in [3.8, 4) is 5.75 Å². The average Bonchev–Trinajstić information content (AvgIpc) is 3.37. The molecule has 1 aliphatic rings. The van der Waals surface area contributed by atoms with Gasteiger partial charge < -0.3 is 39.6 Å². The van der Waals surface area contributed by atoms with Crippen molar-refractivity contribution in [2.24, 2.45) is 0 Å². The van der Waals surface area contributed by atoms with Crippen LogP contribution < -0.4 is 4.74 Å². The Morgan fingerprint density at radius 2 is 1.69 bits per heavy atom. The zero-order chi connectivity index (χ0) is 24.9. The first-order valence-electron chi connectivity index (χ1n) is 11.4. The number of ether oxygens (including phenoxy) is 2. The number of nitrogens with zero attached hydrogens (tertiary/aromatic N) is 1. The van der Waals surface area contributed by atoms with Crippen LogP contribution in [0.25, 0.3) is 0 Å². The molecule has 0 bridgehead atoms. The summed E-state index contributed by atoms with van der Waals surface area (Å²) in [5, 5.41) is 50.7. The second-order valence-electron chi connectivity index (χ2n) is 8.77. The van der Waals surface area contributed by atoms with E-state index >= 15 is 0 Å². The zero-order valence-corrected chi connectivity index (χ0v) is 19.8. The Morgan fingerprint density at radius 1 is 0.971 bits per heavy atom. The van der Waals surface area contributed by atoms with Crippen molar-refractivity contribution in [2.75, 3.05) is 13.2 Å². The van der Waals surface area contributed by atoms with E-state index in [0.29, 0.717) is 29.3 Å². The number of aliphatic hydroxyl groups excluding tert-OH is 5. The van der Waals surface area contributed by atoms with Crippen LogP contribution in [0.4, 0.5) is 0 Å². The van der Waals surface area contributed by atoms with Crippen LogP contribution in [0.1, 0.15) is 22.8 Å². The quantitative estimate of drug-likeness (QED) is 0.301. The highest BCUT2D eigenvalue weighted by Gasteiger charge is 2.44. The Bertz CT molecular complexity index is 1070. The van der Waals surface area contributed by atoms with E-state index in [1.54, 1.807) is 18.2 Å². The molecule has 1 aliphatic heterocycles. The number of hydrogen-bond acceptors (Lipinski definition) is 7. The van der Waals surface area contributed by atoms with Crippen LogP contribution in [0.2, 0.25) is 5.02 Å². The minimum atomic E-state index is -1.45. The smallest absolute Gasteiger partial charge is 0.119 e. The summed E-state index contributed by atoms with van der Waals surface area (Å²) in [6.45, 7) is 0.137. The third-order valence-corrected chi connectivity index (χ3v) is 6.51. The second kappa shape index (κ2) is 11.5. The average molecular weight is 504 g/mol. The summed E-state index contributed by atoms with van der Waals surface area (Å²) < 4.78 is 13.2. The Balaban J connectivity index is 1.39. The van der Waals surface area contributed by atoms with Crippen molar-refractivity contribution in [1.29, 1.82) is 0 Å². The molecule has 1 saturated heterocycles. The van der Waals surface area contributed by atoms with E-state index in [2.05, 4.69) is 0 Å². The third-order valence-electron chi connectivity index (χ3n) is 6.14. The standard InChI is InChI=1S/C26H30ClNO7/c27-21-8-5-17(26-25(33)24(32)23(31)22(14-29)35-26)12-18(21)11-16-3-6-20(7-4-16)34-15-19(30)13-28-9-1-2-10-28/h1-10,12,19,22-26,29-33H,11,13-15H2/t19-,22-,23-,24+,25-,26+/m1/s1. The maximum atomic E-state index is 10.4. The number of aromatic nitrogens is 1. The zero-order valence-electron chi connectivity index (χ0n) is 19.0. The maximum absolute atomic E-state index is 10.4. The first-order valence-corrected chi connectivity index (χ1v) is 11.8. The molecule has 2 aromatic carbocycles. The van der Waals surface area contributed by atoms with Gasteiger partial charge in [0.05, 0.1) is 13.2 Å². The van der Waals surface area contributed by atoms with Crippen LogP contribution in [0, 0.1) is 0 Å². The molecule has 1 fully saturated rings. The van der Waals surface area contributed by atoms with Crippen LogP contribution in [0.15, 0.2) is 67.0 Å². The number of aliphatic hydroxyl groups is 5. The van der Waals surface area contributed by atoms with Gasteiger partial charge in [0.1, 0.15) is 49.0 Å². The summed E-state index contributed by atoms with van der Waals surface area (Å²) >= 11 is 6.42. The van der Waals surface area contributed by atoms with Gasteiger partial charge in [0.2, 0.25) is 0 Å². The Hall–Kier alpha value is -2.43. The fraction of sp³-hybridized carbons (Fsp3) is 0.385. The van der Waals surface area contributed by atoms with Gasteiger partial charge >= 0.3 is 0 Å². The second-order valence-corrected chi connectivity index (χ2v) is 9.17. The highest BCUT2D eigenvalue weighted by molar-refractivity contribution is 6.31.